The Bertz CT molecular complexity index is 574. The lowest BCUT2D eigenvalue weighted by molar-refractivity contribution is -0.121. The van der Waals surface area contributed by atoms with Crippen LogP contribution in [0.5, 0.6) is 0 Å². The summed E-state index contributed by atoms with van der Waals surface area (Å²) in [6.07, 6.45) is 3.77. The van der Waals surface area contributed by atoms with Crippen LogP contribution in [0.2, 0.25) is 0 Å². The van der Waals surface area contributed by atoms with Gasteiger partial charge in [0.05, 0.1) is 12.2 Å². The molecule has 0 aliphatic heterocycles. The van der Waals surface area contributed by atoms with Crippen LogP contribution in [0.15, 0.2) is 36.0 Å². The van der Waals surface area contributed by atoms with Gasteiger partial charge in [-0.1, -0.05) is 0 Å². The summed E-state index contributed by atoms with van der Waals surface area (Å²) in [4.78, 5) is 25.7. The number of hydrogen-bond acceptors (Lipinski definition) is 3. The molecule has 0 aromatic carbocycles. The van der Waals surface area contributed by atoms with Gasteiger partial charge in [-0.25, -0.2) is 0 Å². The van der Waals surface area contributed by atoms with Gasteiger partial charge in [0.2, 0.25) is 5.91 Å². The molecule has 100 valence electrons. The van der Waals surface area contributed by atoms with Gasteiger partial charge in [0.25, 0.3) is 5.91 Å². The van der Waals surface area contributed by atoms with Crippen LogP contribution in [0.4, 0.5) is 0 Å². The van der Waals surface area contributed by atoms with Crippen molar-refractivity contribution in [1.82, 2.24) is 14.8 Å². The Hall–Kier alpha value is -2.08. The zero-order valence-corrected chi connectivity index (χ0v) is 11.6. The van der Waals surface area contributed by atoms with Gasteiger partial charge >= 0.3 is 0 Å². The maximum Gasteiger partial charge on any atom is 0.266 e. The second-order valence-corrected chi connectivity index (χ2v) is 4.98. The molecule has 2 aromatic rings. The summed E-state index contributed by atoms with van der Waals surface area (Å²) in [6, 6.07) is 5.70. The molecular weight excluding hydrogens is 262 g/mol. The normalized spacial score (nSPS) is 10.2. The molecule has 0 saturated carbocycles. The third-order valence-electron chi connectivity index (χ3n) is 2.73. The SMILES string of the molecule is CNC(=O)CN(C)C(=O)c1sccc1-n1cccc1. The van der Waals surface area contributed by atoms with E-state index in [-0.39, 0.29) is 18.4 Å². The van der Waals surface area contributed by atoms with Crippen LogP contribution < -0.4 is 5.32 Å². The number of likely N-dealkylation sites (N-methyl/N-ethyl adjacent to an activating group) is 2. The second-order valence-electron chi connectivity index (χ2n) is 4.06. The van der Waals surface area contributed by atoms with E-state index in [0.717, 1.165) is 5.69 Å². The number of nitrogens with zero attached hydrogens (tertiary/aromatic N) is 2. The summed E-state index contributed by atoms with van der Waals surface area (Å²) in [6.45, 7) is 0.0539. The van der Waals surface area contributed by atoms with Crippen molar-refractivity contribution in [2.24, 2.45) is 0 Å². The van der Waals surface area contributed by atoms with E-state index < -0.39 is 0 Å². The number of hydrogen-bond donors (Lipinski definition) is 1. The molecular formula is C13H15N3O2S. The predicted molar refractivity (Wildman–Crippen MR) is 74.7 cm³/mol. The minimum absolute atomic E-state index is 0.0539. The maximum atomic E-state index is 12.3. The number of carbonyl (C=O) groups is 2. The lowest BCUT2D eigenvalue weighted by atomic mass is 10.3. The van der Waals surface area contributed by atoms with Gasteiger partial charge in [-0.05, 0) is 23.6 Å². The molecule has 2 amide bonds. The van der Waals surface area contributed by atoms with E-state index in [1.165, 1.54) is 16.2 Å². The van der Waals surface area contributed by atoms with Gasteiger partial charge < -0.3 is 14.8 Å². The Balaban J connectivity index is 2.21. The standard InChI is InChI=1S/C13H15N3O2S/c1-14-11(17)9-15(2)13(18)12-10(5-8-19-12)16-6-3-4-7-16/h3-8H,9H2,1-2H3,(H,14,17). The molecule has 1 N–H and O–H groups in total. The Morgan fingerprint density at radius 2 is 2.05 bits per heavy atom. The van der Waals surface area contributed by atoms with Crippen LogP contribution in [0.3, 0.4) is 0 Å². The lowest BCUT2D eigenvalue weighted by Crippen LogP contribution is -2.36. The Labute approximate surface area is 115 Å². The summed E-state index contributed by atoms with van der Waals surface area (Å²) < 4.78 is 1.89. The third kappa shape index (κ3) is 2.85. The molecule has 0 radical (unpaired) electrons. The summed E-state index contributed by atoms with van der Waals surface area (Å²) in [7, 11) is 3.17. The molecule has 0 spiro atoms. The molecule has 0 saturated heterocycles. The van der Waals surface area contributed by atoms with Gasteiger partial charge in [-0.2, -0.15) is 0 Å². The second kappa shape index (κ2) is 5.71. The van der Waals surface area contributed by atoms with Crippen molar-refractivity contribution in [3.8, 4) is 5.69 Å². The van der Waals surface area contributed by atoms with Crippen LogP contribution in [0, 0.1) is 0 Å². The number of thiophene rings is 1. The maximum absolute atomic E-state index is 12.3. The van der Waals surface area contributed by atoms with Crippen LogP contribution in [-0.4, -0.2) is 41.9 Å². The Kier molecular flexibility index (Phi) is 4.01. The Morgan fingerprint density at radius 1 is 1.37 bits per heavy atom. The fraction of sp³-hybridized carbons (Fsp3) is 0.231. The summed E-state index contributed by atoms with van der Waals surface area (Å²) in [5.74, 6) is -0.336. The van der Waals surface area contributed by atoms with E-state index in [0.29, 0.717) is 4.88 Å². The van der Waals surface area contributed by atoms with E-state index in [2.05, 4.69) is 5.32 Å². The lowest BCUT2D eigenvalue weighted by Gasteiger charge is -2.16. The number of rotatable bonds is 4. The first-order chi connectivity index (χ1) is 9.13. The highest BCUT2D eigenvalue weighted by atomic mass is 32.1. The molecule has 2 heterocycles. The summed E-state index contributed by atoms with van der Waals surface area (Å²) in [5, 5.41) is 4.37. The first-order valence-electron chi connectivity index (χ1n) is 5.80. The van der Waals surface area contributed by atoms with Crippen molar-refractivity contribution in [2.75, 3.05) is 20.6 Å². The third-order valence-corrected chi connectivity index (χ3v) is 3.62. The number of carbonyl (C=O) groups excluding carboxylic acids is 2. The van der Waals surface area contributed by atoms with Gasteiger partial charge in [-0.3, -0.25) is 9.59 Å². The van der Waals surface area contributed by atoms with Gasteiger partial charge in [0, 0.05) is 26.5 Å². The zero-order valence-electron chi connectivity index (χ0n) is 10.8. The molecule has 0 atom stereocenters. The molecule has 0 bridgehead atoms. The monoisotopic (exact) mass is 277 g/mol. The molecule has 5 nitrogen and oxygen atoms in total. The van der Waals surface area contributed by atoms with Crippen molar-refractivity contribution < 1.29 is 9.59 Å². The first kappa shape index (κ1) is 13.4. The molecule has 0 aliphatic carbocycles. The molecule has 0 fully saturated rings. The van der Waals surface area contributed by atoms with Crippen molar-refractivity contribution in [3.63, 3.8) is 0 Å². The first-order valence-corrected chi connectivity index (χ1v) is 6.68. The van der Waals surface area contributed by atoms with Crippen molar-refractivity contribution in [3.05, 3.63) is 40.8 Å². The van der Waals surface area contributed by atoms with E-state index in [9.17, 15) is 9.59 Å². The van der Waals surface area contributed by atoms with Crippen LogP contribution in [-0.2, 0) is 4.79 Å². The molecule has 0 aliphatic rings. The molecule has 2 aromatic heterocycles. The number of nitrogens with one attached hydrogen (secondary N) is 1. The molecule has 19 heavy (non-hydrogen) atoms. The number of amides is 2. The topological polar surface area (TPSA) is 54.3 Å². The van der Waals surface area contributed by atoms with Crippen molar-refractivity contribution in [1.29, 1.82) is 0 Å². The zero-order chi connectivity index (χ0) is 13.8. The van der Waals surface area contributed by atoms with Gasteiger partial charge in [-0.15, -0.1) is 11.3 Å². The summed E-state index contributed by atoms with van der Waals surface area (Å²) >= 11 is 1.38. The van der Waals surface area contributed by atoms with Crippen LogP contribution in [0.1, 0.15) is 9.67 Å². The molecule has 2 rings (SSSR count). The van der Waals surface area contributed by atoms with E-state index >= 15 is 0 Å². The number of aromatic nitrogens is 1. The van der Waals surface area contributed by atoms with E-state index in [1.54, 1.807) is 14.1 Å². The minimum Gasteiger partial charge on any atom is -0.358 e. The smallest absolute Gasteiger partial charge is 0.266 e. The fourth-order valence-corrected chi connectivity index (χ4v) is 2.58. The average Bonchev–Trinajstić information content (AvgIpc) is 3.07. The van der Waals surface area contributed by atoms with Crippen LogP contribution >= 0.6 is 11.3 Å². The Morgan fingerprint density at radius 3 is 2.68 bits per heavy atom. The van der Waals surface area contributed by atoms with Crippen LogP contribution in [0.25, 0.3) is 5.69 Å². The van der Waals surface area contributed by atoms with Gasteiger partial charge in [0.15, 0.2) is 0 Å². The van der Waals surface area contributed by atoms with Crippen molar-refractivity contribution in [2.45, 2.75) is 0 Å². The van der Waals surface area contributed by atoms with E-state index in [4.69, 9.17) is 0 Å². The quantitative estimate of drug-likeness (QED) is 0.917. The molecule has 6 heteroatoms. The van der Waals surface area contributed by atoms with Crippen molar-refractivity contribution >= 4 is 23.2 Å². The molecule has 0 unspecified atom stereocenters. The fourth-order valence-electron chi connectivity index (χ4n) is 1.70. The highest BCUT2D eigenvalue weighted by Gasteiger charge is 2.19. The average molecular weight is 277 g/mol. The van der Waals surface area contributed by atoms with E-state index in [1.807, 2.05) is 40.5 Å². The van der Waals surface area contributed by atoms with Gasteiger partial charge in [0.1, 0.15) is 4.88 Å². The highest BCUT2D eigenvalue weighted by Crippen LogP contribution is 2.22. The highest BCUT2D eigenvalue weighted by molar-refractivity contribution is 7.12. The largest absolute Gasteiger partial charge is 0.358 e. The minimum atomic E-state index is -0.185. The summed E-state index contributed by atoms with van der Waals surface area (Å²) in [5.41, 5.74) is 0.837. The predicted octanol–water partition coefficient (Wildman–Crippen LogP) is 1.36.